The summed E-state index contributed by atoms with van der Waals surface area (Å²) in [5.41, 5.74) is 1.90. The Morgan fingerprint density at radius 3 is 2.13 bits per heavy atom. The highest BCUT2D eigenvalue weighted by Crippen LogP contribution is 2.23. The van der Waals surface area contributed by atoms with Crippen molar-refractivity contribution in [3.8, 4) is 0 Å². The highest BCUT2D eigenvalue weighted by atomic mass is 32.2. The van der Waals surface area contributed by atoms with Crippen LogP contribution in [0.3, 0.4) is 0 Å². The Hall–Kier alpha value is -1.11. The first-order valence-electron chi connectivity index (χ1n) is 8.18. The molecule has 0 amide bonds. The zero-order valence-electron chi connectivity index (χ0n) is 14.7. The molecule has 1 saturated heterocycles. The summed E-state index contributed by atoms with van der Waals surface area (Å²) in [5, 5.41) is 0. The molecule has 0 bridgehead atoms. The SMILES string of the molecule is CN1CCN(CCS(=O)(=O)Nc2ccc(C(C)(C)C)cc2)CC1. The summed E-state index contributed by atoms with van der Waals surface area (Å²) in [6.07, 6.45) is 0. The molecule has 1 fully saturated rings. The minimum atomic E-state index is -3.30. The van der Waals surface area contributed by atoms with Crippen LogP contribution in [0, 0.1) is 0 Å². The Labute approximate surface area is 140 Å². The van der Waals surface area contributed by atoms with Crippen molar-refractivity contribution in [2.75, 3.05) is 50.2 Å². The molecule has 0 spiro atoms. The fourth-order valence-corrected chi connectivity index (χ4v) is 3.69. The van der Waals surface area contributed by atoms with Crippen molar-refractivity contribution < 1.29 is 8.42 Å². The summed E-state index contributed by atoms with van der Waals surface area (Å²) < 4.78 is 27.2. The van der Waals surface area contributed by atoms with Gasteiger partial charge in [0, 0.05) is 38.4 Å². The van der Waals surface area contributed by atoms with Gasteiger partial charge in [0.2, 0.25) is 10.0 Å². The molecular weight excluding hydrogens is 310 g/mol. The van der Waals surface area contributed by atoms with E-state index in [2.05, 4.69) is 42.3 Å². The van der Waals surface area contributed by atoms with E-state index in [1.54, 1.807) is 0 Å². The second-order valence-corrected chi connectivity index (χ2v) is 9.24. The average molecular weight is 340 g/mol. The number of nitrogens with one attached hydrogen (secondary N) is 1. The Morgan fingerprint density at radius 2 is 1.61 bits per heavy atom. The van der Waals surface area contributed by atoms with Crippen molar-refractivity contribution in [3.05, 3.63) is 29.8 Å². The molecule has 0 atom stereocenters. The first-order valence-corrected chi connectivity index (χ1v) is 9.83. The second kappa shape index (κ2) is 7.20. The lowest BCUT2D eigenvalue weighted by Gasteiger charge is -2.32. The Kier molecular flexibility index (Phi) is 5.70. The van der Waals surface area contributed by atoms with E-state index >= 15 is 0 Å². The van der Waals surface area contributed by atoms with Gasteiger partial charge in [-0.2, -0.15) is 0 Å². The molecule has 1 N–H and O–H groups in total. The number of piperazine rings is 1. The van der Waals surface area contributed by atoms with E-state index in [1.807, 2.05) is 24.3 Å². The molecule has 0 unspecified atom stereocenters. The summed E-state index contributed by atoms with van der Waals surface area (Å²) >= 11 is 0. The van der Waals surface area contributed by atoms with E-state index < -0.39 is 10.0 Å². The highest BCUT2D eigenvalue weighted by Gasteiger charge is 2.18. The Morgan fingerprint density at radius 1 is 1.04 bits per heavy atom. The predicted molar refractivity (Wildman–Crippen MR) is 96.5 cm³/mol. The van der Waals surface area contributed by atoms with Crippen LogP contribution in [0.15, 0.2) is 24.3 Å². The predicted octanol–water partition coefficient (Wildman–Crippen LogP) is 1.97. The molecule has 1 aromatic carbocycles. The van der Waals surface area contributed by atoms with Gasteiger partial charge < -0.3 is 4.90 Å². The number of sulfonamides is 1. The van der Waals surface area contributed by atoms with Crippen LogP contribution in [0.4, 0.5) is 5.69 Å². The van der Waals surface area contributed by atoms with E-state index in [-0.39, 0.29) is 11.2 Å². The molecule has 0 radical (unpaired) electrons. The maximum absolute atomic E-state index is 12.2. The number of hydrogen-bond acceptors (Lipinski definition) is 4. The lowest BCUT2D eigenvalue weighted by Crippen LogP contribution is -2.46. The zero-order valence-corrected chi connectivity index (χ0v) is 15.5. The van der Waals surface area contributed by atoms with E-state index in [9.17, 15) is 8.42 Å². The molecule has 130 valence electrons. The van der Waals surface area contributed by atoms with Crippen LogP contribution in [-0.4, -0.2) is 63.7 Å². The van der Waals surface area contributed by atoms with Gasteiger partial charge in [-0.3, -0.25) is 9.62 Å². The molecule has 1 aliphatic heterocycles. The minimum Gasteiger partial charge on any atom is -0.304 e. The highest BCUT2D eigenvalue weighted by molar-refractivity contribution is 7.92. The van der Waals surface area contributed by atoms with Crippen LogP contribution in [-0.2, 0) is 15.4 Å². The quantitative estimate of drug-likeness (QED) is 0.891. The normalized spacial score (nSPS) is 18.1. The maximum Gasteiger partial charge on any atom is 0.233 e. The number of nitrogens with zero attached hydrogens (tertiary/aromatic N) is 2. The van der Waals surface area contributed by atoms with Crippen LogP contribution in [0.2, 0.25) is 0 Å². The minimum absolute atomic E-state index is 0.0683. The molecular formula is C17H29N3O2S. The fourth-order valence-electron chi connectivity index (χ4n) is 2.59. The maximum atomic E-state index is 12.2. The topological polar surface area (TPSA) is 52.7 Å². The van der Waals surface area contributed by atoms with Crippen molar-refractivity contribution in [1.29, 1.82) is 0 Å². The molecule has 1 aromatic rings. The van der Waals surface area contributed by atoms with Gasteiger partial charge in [-0.15, -0.1) is 0 Å². The molecule has 2 rings (SSSR count). The van der Waals surface area contributed by atoms with Crippen molar-refractivity contribution in [2.45, 2.75) is 26.2 Å². The van der Waals surface area contributed by atoms with Gasteiger partial charge in [0.1, 0.15) is 0 Å². The van der Waals surface area contributed by atoms with E-state index in [0.717, 1.165) is 26.2 Å². The standard InChI is InChI=1S/C17H29N3O2S/c1-17(2,3)15-5-7-16(8-6-15)18-23(21,22)14-13-20-11-9-19(4)10-12-20/h5-8,18H,9-14H2,1-4H3. The molecule has 23 heavy (non-hydrogen) atoms. The zero-order chi connectivity index (χ0) is 17.1. The summed E-state index contributed by atoms with van der Waals surface area (Å²) in [4.78, 5) is 4.47. The van der Waals surface area contributed by atoms with Gasteiger partial charge in [0.25, 0.3) is 0 Å². The van der Waals surface area contributed by atoms with E-state index in [0.29, 0.717) is 12.2 Å². The smallest absolute Gasteiger partial charge is 0.233 e. The molecule has 5 nitrogen and oxygen atoms in total. The van der Waals surface area contributed by atoms with Crippen LogP contribution in [0.5, 0.6) is 0 Å². The molecule has 1 heterocycles. The third-order valence-corrected chi connectivity index (χ3v) is 5.56. The van der Waals surface area contributed by atoms with Crippen LogP contribution in [0.25, 0.3) is 0 Å². The number of anilines is 1. The molecule has 0 saturated carbocycles. The largest absolute Gasteiger partial charge is 0.304 e. The second-order valence-electron chi connectivity index (χ2n) is 7.39. The monoisotopic (exact) mass is 339 g/mol. The summed E-state index contributed by atoms with van der Waals surface area (Å²) in [5.74, 6) is 0.137. The molecule has 0 aromatic heterocycles. The van der Waals surface area contributed by atoms with Crippen LogP contribution >= 0.6 is 0 Å². The third-order valence-electron chi connectivity index (χ3n) is 4.30. The van der Waals surface area contributed by atoms with Crippen molar-refractivity contribution in [1.82, 2.24) is 9.80 Å². The van der Waals surface area contributed by atoms with Crippen molar-refractivity contribution >= 4 is 15.7 Å². The van der Waals surface area contributed by atoms with Gasteiger partial charge in [-0.25, -0.2) is 8.42 Å². The van der Waals surface area contributed by atoms with Crippen molar-refractivity contribution in [2.24, 2.45) is 0 Å². The van der Waals surface area contributed by atoms with Gasteiger partial charge in [-0.1, -0.05) is 32.9 Å². The lowest BCUT2D eigenvalue weighted by atomic mass is 9.87. The Balaban J connectivity index is 1.88. The number of benzene rings is 1. The van der Waals surface area contributed by atoms with Gasteiger partial charge >= 0.3 is 0 Å². The first-order chi connectivity index (χ1) is 10.7. The lowest BCUT2D eigenvalue weighted by molar-refractivity contribution is 0.161. The summed E-state index contributed by atoms with van der Waals surface area (Å²) in [7, 11) is -1.21. The number of hydrogen-bond donors (Lipinski definition) is 1. The summed E-state index contributed by atoms with van der Waals surface area (Å²) in [6.45, 7) is 10.9. The van der Waals surface area contributed by atoms with Crippen LogP contribution in [0.1, 0.15) is 26.3 Å². The molecule has 6 heteroatoms. The van der Waals surface area contributed by atoms with Gasteiger partial charge in [0.15, 0.2) is 0 Å². The number of likely N-dealkylation sites (N-methyl/N-ethyl adjacent to an activating group) is 1. The van der Waals surface area contributed by atoms with E-state index in [4.69, 9.17) is 0 Å². The molecule has 1 aliphatic rings. The fraction of sp³-hybridized carbons (Fsp3) is 0.647. The Bertz CT molecular complexity index is 598. The molecule has 0 aliphatic carbocycles. The number of rotatable bonds is 5. The van der Waals surface area contributed by atoms with Crippen LogP contribution < -0.4 is 4.72 Å². The van der Waals surface area contributed by atoms with Gasteiger partial charge in [-0.05, 0) is 30.2 Å². The summed E-state index contributed by atoms with van der Waals surface area (Å²) in [6, 6.07) is 7.65. The van der Waals surface area contributed by atoms with Gasteiger partial charge in [0.05, 0.1) is 5.75 Å². The van der Waals surface area contributed by atoms with E-state index in [1.165, 1.54) is 5.56 Å². The first kappa shape index (κ1) is 18.2. The third kappa shape index (κ3) is 5.79. The average Bonchev–Trinajstić information content (AvgIpc) is 2.46. The van der Waals surface area contributed by atoms with Crippen molar-refractivity contribution in [3.63, 3.8) is 0 Å².